The zero-order valence-electron chi connectivity index (χ0n) is 12.8. The van der Waals surface area contributed by atoms with Crippen LogP contribution >= 0.6 is 0 Å². The van der Waals surface area contributed by atoms with Crippen LogP contribution in [0.15, 0.2) is 29.3 Å². The van der Waals surface area contributed by atoms with Crippen molar-refractivity contribution >= 4 is 11.6 Å². The van der Waals surface area contributed by atoms with Crippen molar-refractivity contribution in [2.24, 2.45) is 16.1 Å². The molecule has 20 heavy (non-hydrogen) atoms. The van der Waals surface area contributed by atoms with Crippen LogP contribution in [0.2, 0.25) is 0 Å². The Balaban J connectivity index is 2.05. The average molecular weight is 271 g/mol. The maximum absolute atomic E-state index is 6.25. The first-order valence-electron chi connectivity index (χ1n) is 7.63. The summed E-state index contributed by atoms with van der Waals surface area (Å²) in [6.45, 7) is 7.70. The first-order valence-corrected chi connectivity index (χ1v) is 7.63. The standard InChI is InChI=1S/C17H25N3/c1-13-6-8-14(9-7-13)20-15(18)19-12-17(20)11-5-4-10-16(17,2)3/h6-9H,4-5,10-12H2,1-3H3,(H2,18,19). The summed E-state index contributed by atoms with van der Waals surface area (Å²) in [5, 5.41) is 0. The minimum absolute atomic E-state index is 0.0601. The molecule has 1 aromatic rings. The van der Waals surface area contributed by atoms with E-state index in [1.807, 2.05) is 0 Å². The third kappa shape index (κ3) is 1.83. The van der Waals surface area contributed by atoms with Crippen LogP contribution < -0.4 is 10.6 Å². The van der Waals surface area contributed by atoms with E-state index in [9.17, 15) is 0 Å². The molecule has 0 saturated heterocycles. The fourth-order valence-electron chi connectivity index (χ4n) is 3.91. The molecule has 1 atom stereocenters. The Morgan fingerprint density at radius 1 is 1.10 bits per heavy atom. The third-order valence-electron chi connectivity index (χ3n) is 5.35. The van der Waals surface area contributed by atoms with Crippen molar-refractivity contribution in [3.05, 3.63) is 29.8 Å². The van der Waals surface area contributed by atoms with Gasteiger partial charge in [0.25, 0.3) is 0 Å². The second kappa shape index (κ2) is 4.51. The second-order valence-corrected chi connectivity index (χ2v) is 6.97. The van der Waals surface area contributed by atoms with E-state index in [1.54, 1.807) is 0 Å². The minimum Gasteiger partial charge on any atom is -0.369 e. The average Bonchev–Trinajstić information content (AvgIpc) is 2.74. The number of anilines is 1. The van der Waals surface area contributed by atoms with Gasteiger partial charge in [-0.3, -0.25) is 4.99 Å². The maximum Gasteiger partial charge on any atom is 0.196 e. The lowest BCUT2D eigenvalue weighted by Gasteiger charge is -2.53. The van der Waals surface area contributed by atoms with Crippen molar-refractivity contribution in [3.8, 4) is 0 Å². The zero-order chi connectivity index (χ0) is 14.4. The van der Waals surface area contributed by atoms with Crippen LogP contribution in [-0.2, 0) is 0 Å². The van der Waals surface area contributed by atoms with Crippen molar-refractivity contribution in [2.45, 2.75) is 52.0 Å². The quantitative estimate of drug-likeness (QED) is 0.849. The molecular weight excluding hydrogens is 246 g/mol. The Labute approximate surface area is 121 Å². The Morgan fingerprint density at radius 3 is 2.40 bits per heavy atom. The van der Waals surface area contributed by atoms with Crippen LogP contribution in [0.3, 0.4) is 0 Å². The van der Waals surface area contributed by atoms with Gasteiger partial charge in [-0.15, -0.1) is 0 Å². The van der Waals surface area contributed by atoms with E-state index in [0.29, 0.717) is 5.96 Å². The van der Waals surface area contributed by atoms with Crippen molar-refractivity contribution in [1.82, 2.24) is 0 Å². The topological polar surface area (TPSA) is 41.6 Å². The molecule has 3 heteroatoms. The van der Waals surface area contributed by atoms with E-state index in [4.69, 9.17) is 5.73 Å². The number of guanidine groups is 1. The molecule has 1 saturated carbocycles. The first-order chi connectivity index (χ1) is 9.46. The largest absolute Gasteiger partial charge is 0.369 e. The van der Waals surface area contributed by atoms with Gasteiger partial charge in [-0.25, -0.2) is 0 Å². The SMILES string of the molecule is Cc1ccc(N2C(N)=NCC23CCCCC3(C)C)cc1. The van der Waals surface area contributed by atoms with Gasteiger partial charge in [0.1, 0.15) is 0 Å². The van der Waals surface area contributed by atoms with E-state index in [2.05, 4.69) is 54.9 Å². The van der Waals surface area contributed by atoms with Gasteiger partial charge in [0, 0.05) is 5.69 Å². The molecule has 0 radical (unpaired) electrons. The summed E-state index contributed by atoms with van der Waals surface area (Å²) in [6.07, 6.45) is 5.02. The summed E-state index contributed by atoms with van der Waals surface area (Å²) in [4.78, 5) is 6.92. The molecule has 0 bridgehead atoms. The summed E-state index contributed by atoms with van der Waals surface area (Å²) >= 11 is 0. The molecule has 1 spiro atoms. The van der Waals surface area contributed by atoms with Gasteiger partial charge in [0.05, 0.1) is 12.1 Å². The van der Waals surface area contributed by atoms with E-state index in [1.165, 1.54) is 36.9 Å². The lowest BCUT2D eigenvalue weighted by Crippen LogP contribution is -2.61. The van der Waals surface area contributed by atoms with Crippen LogP contribution in [0.5, 0.6) is 0 Å². The lowest BCUT2D eigenvalue weighted by molar-refractivity contribution is 0.115. The molecule has 1 aromatic carbocycles. The highest BCUT2D eigenvalue weighted by Gasteiger charge is 2.54. The Kier molecular flexibility index (Phi) is 3.03. The summed E-state index contributed by atoms with van der Waals surface area (Å²) in [5.41, 5.74) is 9.01. The number of hydrogen-bond donors (Lipinski definition) is 1. The van der Waals surface area contributed by atoms with Crippen LogP contribution in [0.4, 0.5) is 5.69 Å². The highest BCUT2D eigenvalue weighted by atomic mass is 15.4. The molecule has 0 amide bonds. The van der Waals surface area contributed by atoms with Crippen LogP contribution in [0, 0.1) is 12.3 Å². The number of aliphatic imine (C=N–C) groups is 1. The Hall–Kier alpha value is -1.51. The van der Waals surface area contributed by atoms with E-state index in [0.717, 1.165) is 6.54 Å². The highest BCUT2D eigenvalue weighted by molar-refractivity contribution is 5.98. The molecule has 108 valence electrons. The summed E-state index contributed by atoms with van der Waals surface area (Å²) in [6, 6.07) is 8.67. The fourth-order valence-corrected chi connectivity index (χ4v) is 3.91. The molecule has 1 aliphatic carbocycles. The van der Waals surface area contributed by atoms with Gasteiger partial charge in [-0.1, -0.05) is 44.4 Å². The Morgan fingerprint density at radius 2 is 1.75 bits per heavy atom. The molecule has 1 heterocycles. The number of aryl methyl sites for hydroxylation is 1. The maximum atomic E-state index is 6.25. The smallest absolute Gasteiger partial charge is 0.196 e. The highest BCUT2D eigenvalue weighted by Crippen LogP contribution is 2.50. The lowest BCUT2D eigenvalue weighted by atomic mass is 9.62. The molecule has 1 aliphatic heterocycles. The van der Waals surface area contributed by atoms with Gasteiger partial charge in [-0.2, -0.15) is 0 Å². The van der Waals surface area contributed by atoms with E-state index >= 15 is 0 Å². The van der Waals surface area contributed by atoms with Gasteiger partial charge in [-0.05, 0) is 37.3 Å². The molecule has 2 N–H and O–H groups in total. The first kappa shape index (κ1) is 13.5. The third-order valence-corrected chi connectivity index (χ3v) is 5.35. The minimum atomic E-state index is 0.0601. The van der Waals surface area contributed by atoms with Crippen molar-refractivity contribution in [3.63, 3.8) is 0 Å². The van der Waals surface area contributed by atoms with Gasteiger partial charge in [0.2, 0.25) is 0 Å². The number of benzene rings is 1. The number of hydrogen-bond acceptors (Lipinski definition) is 3. The van der Waals surface area contributed by atoms with Crippen LogP contribution in [0.25, 0.3) is 0 Å². The summed E-state index contributed by atoms with van der Waals surface area (Å²) in [7, 11) is 0. The molecule has 0 aromatic heterocycles. The number of nitrogens with two attached hydrogens (primary N) is 1. The summed E-state index contributed by atoms with van der Waals surface area (Å²) < 4.78 is 0. The van der Waals surface area contributed by atoms with Crippen molar-refractivity contribution < 1.29 is 0 Å². The summed E-state index contributed by atoms with van der Waals surface area (Å²) in [5.74, 6) is 0.684. The predicted molar refractivity (Wildman–Crippen MR) is 85.1 cm³/mol. The Bertz CT molecular complexity index is 530. The van der Waals surface area contributed by atoms with Gasteiger partial charge in [0.15, 0.2) is 5.96 Å². The second-order valence-electron chi connectivity index (χ2n) is 6.97. The van der Waals surface area contributed by atoms with Crippen LogP contribution in [-0.4, -0.2) is 18.0 Å². The fraction of sp³-hybridized carbons (Fsp3) is 0.588. The number of nitrogens with zero attached hydrogens (tertiary/aromatic N) is 2. The van der Waals surface area contributed by atoms with Crippen molar-refractivity contribution in [2.75, 3.05) is 11.4 Å². The normalized spacial score (nSPS) is 28.8. The molecule has 3 rings (SSSR count). The number of rotatable bonds is 1. The van der Waals surface area contributed by atoms with Gasteiger partial charge >= 0.3 is 0 Å². The zero-order valence-corrected chi connectivity index (χ0v) is 12.8. The molecular formula is C17H25N3. The molecule has 1 fully saturated rings. The van der Waals surface area contributed by atoms with Crippen molar-refractivity contribution in [1.29, 1.82) is 0 Å². The molecule has 2 aliphatic rings. The van der Waals surface area contributed by atoms with Crippen LogP contribution in [0.1, 0.15) is 45.1 Å². The predicted octanol–water partition coefficient (Wildman–Crippen LogP) is 3.47. The monoisotopic (exact) mass is 271 g/mol. The molecule has 3 nitrogen and oxygen atoms in total. The van der Waals surface area contributed by atoms with Gasteiger partial charge < -0.3 is 10.6 Å². The van der Waals surface area contributed by atoms with E-state index < -0.39 is 0 Å². The molecule has 1 unspecified atom stereocenters. The van der Waals surface area contributed by atoms with E-state index in [-0.39, 0.29) is 11.0 Å².